The maximum atomic E-state index is 9.71. The fourth-order valence-corrected chi connectivity index (χ4v) is 1.73. The van der Waals surface area contributed by atoms with Gasteiger partial charge < -0.3 is 14.4 Å². The van der Waals surface area contributed by atoms with Gasteiger partial charge in [-0.25, -0.2) is 0 Å². The first-order chi connectivity index (χ1) is 9.60. The zero-order valence-electron chi connectivity index (χ0n) is 12.0. The number of benzene rings is 1. The molecule has 0 bridgehead atoms. The highest BCUT2D eigenvalue weighted by atomic mass is 16.5. The molecule has 1 aromatic heterocycles. The van der Waals surface area contributed by atoms with Gasteiger partial charge in [0.2, 0.25) is 0 Å². The molecule has 2 rings (SSSR count). The van der Waals surface area contributed by atoms with Gasteiger partial charge in [0.15, 0.2) is 12.4 Å². The summed E-state index contributed by atoms with van der Waals surface area (Å²) in [4.78, 5) is 4.24. The van der Waals surface area contributed by atoms with Crippen molar-refractivity contribution >= 4 is 0 Å². The number of hydrogen-bond acceptors (Lipinski definition) is 5. The summed E-state index contributed by atoms with van der Waals surface area (Å²) in [5.74, 6) is 2.10. The van der Waals surface area contributed by atoms with E-state index >= 15 is 0 Å². The molecule has 0 aliphatic rings. The van der Waals surface area contributed by atoms with Crippen LogP contribution in [0.1, 0.15) is 56.5 Å². The Hall–Kier alpha value is -1.88. The predicted molar refractivity (Wildman–Crippen MR) is 74.4 cm³/mol. The lowest BCUT2D eigenvalue weighted by Gasteiger charge is -2.09. The van der Waals surface area contributed by atoms with Crippen molar-refractivity contribution in [2.75, 3.05) is 0 Å². The predicted octanol–water partition coefficient (Wildman–Crippen LogP) is 3.22. The molecule has 0 unspecified atom stereocenters. The first kappa shape index (κ1) is 14.5. The molecule has 1 atom stereocenters. The number of nitrogens with zero attached hydrogens (tertiary/aromatic N) is 2. The van der Waals surface area contributed by atoms with Crippen LogP contribution in [0.25, 0.3) is 0 Å². The number of ether oxygens (including phenoxy) is 1. The van der Waals surface area contributed by atoms with Gasteiger partial charge in [-0.2, -0.15) is 4.98 Å². The van der Waals surface area contributed by atoms with Crippen LogP contribution in [0.3, 0.4) is 0 Å². The fraction of sp³-hybridized carbons (Fsp3) is 0.467. The molecule has 1 aromatic carbocycles. The third kappa shape index (κ3) is 3.57. The number of aliphatic hydroxyl groups excluding tert-OH is 1. The Morgan fingerprint density at radius 1 is 1.25 bits per heavy atom. The van der Waals surface area contributed by atoms with Crippen molar-refractivity contribution in [1.29, 1.82) is 0 Å². The quantitative estimate of drug-likeness (QED) is 0.877. The summed E-state index contributed by atoms with van der Waals surface area (Å²) in [7, 11) is 0. The molecule has 5 heteroatoms. The summed E-state index contributed by atoms with van der Waals surface area (Å²) >= 11 is 0. The van der Waals surface area contributed by atoms with Crippen LogP contribution < -0.4 is 4.74 Å². The highest BCUT2D eigenvalue weighted by Gasteiger charge is 2.10. The van der Waals surface area contributed by atoms with Crippen LogP contribution in [0.4, 0.5) is 0 Å². The summed E-state index contributed by atoms with van der Waals surface area (Å²) in [5, 5.41) is 13.6. The van der Waals surface area contributed by atoms with E-state index in [1.165, 1.54) is 0 Å². The van der Waals surface area contributed by atoms with Crippen molar-refractivity contribution in [3.05, 3.63) is 41.5 Å². The van der Waals surface area contributed by atoms with E-state index in [-0.39, 0.29) is 12.5 Å². The van der Waals surface area contributed by atoms with Crippen LogP contribution in [0, 0.1) is 0 Å². The molecule has 1 N–H and O–H groups in total. The normalized spacial score (nSPS) is 12.7. The van der Waals surface area contributed by atoms with Crippen LogP contribution >= 0.6 is 0 Å². The summed E-state index contributed by atoms with van der Waals surface area (Å²) in [6.07, 6.45) is 0.272. The summed E-state index contributed by atoms with van der Waals surface area (Å²) < 4.78 is 10.7. The van der Waals surface area contributed by atoms with E-state index in [0.29, 0.717) is 23.9 Å². The second kappa shape index (κ2) is 6.52. The maximum absolute atomic E-state index is 9.71. The SMILES string of the molecule is CC[C@H](O)c1ccc(OCc2nc(C(C)C)no2)cc1. The molecule has 0 saturated heterocycles. The number of hydrogen-bond donors (Lipinski definition) is 1. The second-order valence-electron chi connectivity index (χ2n) is 4.98. The van der Waals surface area contributed by atoms with Crippen LogP contribution in [0.5, 0.6) is 5.75 Å². The molecule has 0 radical (unpaired) electrons. The van der Waals surface area contributed by atoms with Gasteiger partial charge >= 0.3 is 0 Å². The Bertz CT molecular complexity index is 534. The van der Waals surface area contributed by atoms with Gasteiger partial charge in [0, 0.05) is 5.92 Å². The lowest BCUT2D eigenvalue weighted by Crippen LogP contribution is -1.98. The smallest absolute Gasteiger partial charge is 0.264 e. The minimum atomic E-state index is -0.423. The Balaban J connectivity index is 1.93. The van der Waals surface area contributed by atoms with Gasteiger partial charge in [-0.15, -0.1) is 0 Å². The maximum Gasteiger partial charge on any atom is 0.264 e. The molecule has 0 amide bonds. The number of aliphatic hydroxyl groups is 1. The third-order valence-corrected chi connectivity index (χ3v) is 3.01. The van der Waals surface area contributed by atoms with E-state index in [1.807, 2.05) is 45.0 Å². The fourth-order valence-electron chi connectivity index (χ4n) is 1.73. The molecule has 1 heterocycles. The first-order valence-corrected chi connectivity index (χ1v) is 6.83. The molecule has 0 fully saturated rings. The molecular formula is C15H20N2O3. The lowest BCUT2D eigenvalue weighted by molar-refractivity contribution is 0.173. The molecule has 108 valence electrons. The van der Waals surface area contributed by atoms with Gasteiger partial charge in [-0.3, -0.25) is 0 Å². The van der Waals surface area contributed by atoms with Gasteiger partial charge in [0.05, 0.1) is 6.10 Å². The highest BCUT2D eigenvalue weighted by Crippen LogP contribution is 2.20. The van der Waals surface area contributed by atoms with Crippen molar-refractivity contribution in [2.24, 2.45) is 0 Å². The topological polar surface area (TPSA) is 68.4 Å². The van der Waals surface area contributed by atoms with Crippen molar-refractivity contribution in [3.8, 4) is 5.75 Å². The standard InChI is InChI=1S/C15H20N2O3/c1-4-13(18)11-5-7-12(8-6-11)19-9-14-16-15(10(2)3)17-20-14/h5-8,10,13,18H,4,9H2,1-3H3/t13-/m0/s1. The van der Waals surface area contributed by atoms with Crippen LogP contribution in [-0.2, 0) is 6.61 Å². The van der Waals surface area contributed by atoms with E-state index in [9.17, 15) is 5.11 Å². The number of rotatable bonds is 6. The summed E-state index contributed by atoms with van der Waals surface area (Å²) in [5.41, 5.74) is 0.889. The molecule has 2 aromatic rings. The van der Waals surface area contributed by atoms with E-state index in [4.69, 9.17) is 9.26 Å². The molecule has 5 nitrogen and oxygen atoms in total. The van der Waals surface area contributed by atoms with Gasteiger partial charge in [-0.05, 0) is 24.1 Å². The van der Waals surface area contributed by atoms with E-state index in [0.717, 1.165) is 5.56 Å². The minimum absolute atomic E-state index is 0.238. The second-order valence-corrected chi connectivity index (χ2v) is 4.98. The van der Waals surface area contributed by atoms with E-state index < -0.39 is 6.10 Å². The monoisotopic (exact) mass is 276 g/mol. The molecule has 0 spiro atoms. The molecule has 0 saturated carbocycles. The molecular weight excluding hydrogens is 256 g/mol. The zero-order chi connectivity index (χ0) is 14.5. The molecule has 20 heavy (non-hydrogen) atoms. The lowest BCUT2D eigenvalue weighted by atomic mass is 10.1. The minimum Gasteiger partial charge on any atom is -0.484 e. The summed E-state index contributed by atoms with van der Waals surface area (Å²) in [6, 6.07) is 7.37. The van der Waals surface area contributed by atoms with Gasteiger partial charge in [-0.1, -0.05) is 38.1 Å². The van der Waals surface area contributed by atoms with Crippen LogP contribution in [0.15, 0.2) is 28.8 Å². The number of aromatic nitrogens is 2. The third-order valence-electron chi connectivity index (χ3n) is 3.01. The van der Waals surface area contributed by atoms with Crippen LogP contribution in [-0.4, -0.2) is 15.2 Å². The Kier molecular flexibility index (Phi) is 4.74. The average Bonchev–Trinajstić information content (AvgIpc) is 2.94. The van der Waals surface area contributed by atoms with Crippen molar-refractivity contribution in [3.63, 3.8) is 0 Å². The first-order valence-electron chi connectivity index (χ1n) is 6.83. The largest absolute Gasteiger partial charge is 0.484 e. The van der Waals surface area contributed by atoms with Crippen LogP contribution in [0.2, 0.25) is 0 Å². The Labute approximate surface area is 118 Å². The van der Waals surface area contributed by atoms with Gasteiger partial charge in [0.1, 0.15) is 5.75 Å². The van der Waals surface area contributed by atoms with Crippen molar-refractivity contribution < 1.29 is 14.4 Å². The Morgan fingerprint density at radius 2 is 1.95 bits per heavy atom. The Morgan fingerprint density at radius 3 is 2.50 bits per heavy atom. The molecule has 0 aliphatic carbocycles. The summed E-state index contributed by atoms with van der Waals surface area (Å²) in [6.45, 7) is 6.20. The highest BCUT2D eigenvalue weighted by molar-refractivity contribution is 5.28. The zero-order valence-corrected chi connectivity index (χ0v) is 12.0. The van der Waals surface area contributed by atoms with E-state index in [1.54, 1.807) is 0 Å². The molecule has 0 aliphatic heterocycles. The van der Waals surface area contributed by atoms with Crippen molar-refractivity contribution in [1.82, 2.24) is 10.1 Å². The average molecular weight is 276 g/mol. The van der Waals surface area contributed by atoms with Crippen molar-refractivity contribution in [2.45, 2.75) is 45.8 Å². The van der Waals surface area contributed by atoms with Gasteiger partial charge in [0.25, 0.3) is 5.89 Å². The van der Waals surface area contributed by atoms with E-state index in [2.05, 4.69) is 10.1 Å².